The minimum atomic E-state index is -0.868. The van der Waals surface area contributed by atoms with E-state index in [9.17, 15) is 9.90 Å². The number of carboxylic acid groups (broad SMARTS) is 1. The first-order chi connectivity index (χ1) is 8.63. The third-order valence-corrected chi connectivity index (χ3v) is 2.35. The van der Waals surface area contributed by atoms with Crippen LogP contribution in [0, 0.1) is 0 Å². The standard InChI is InChI=1S/C13H19NO4/c1-2-7-18-12-8-10(3-4-11(12)15)5-6-14-9-13(16)17/h3-4,8,14-15H,2,5-7,9H2,1H3,(H,16,17). The Bertz CT molecular complexity index is 393. The molecule has 3 N–H and O–H groups in total. The first-order valence-corrected chi connectivity index (χ1v) is 6.00. The van der Waals surface area contributed by atoms with Gasteiger partial charge in [0.15, 0.2) is 11.5 Å². The van der Waals surface area contributed by atoms with Crippen molar-refractivity contribution >= 4 is 5.97 Å². The maximum Gasteiger partial charge on any atom is 0.317 e. The topological polar surface area (TPSA) is 78.8 Å². The second-order valence-corrected chi connectivity index (χ2v) is 3.97. The van der Waals surface area contributed by atoms with Gasteiger partial charge >= 0.3 is 5.97 Å². The number of phenolic OH excluding ortho intramolecular Hbond substituents is 1. The van der Waals surface area contributed by atoms with Gasteiger partial charge in [0, 0.05) is 0 Å². The molecule has 0 fully saturated rings. The Labute approximate surface area is 106 Å². The summed E-state index contributed by atoms with van der Waals surface area (Å²) in [5.74, 6) is -0.258. The van der Waals surface area contributed by atoms with E-state index in [-0.39, 0.29) is 12.3 Å². The molecule has 5 nitrogen and oxygen atoms in total. The Morgan fingerprint density at radius 3 is 2.89 bits per heavy atom. The number of ether oxygens (including phenoxy) is 1. The third kappa shape index (κ3) is 5.05. The molecule has 0 saturated carbocycles. The second kappa shape index (κ2) is 7.55. The van der Waals surface area contributed by atoms with Gasteiger partial charge in [-0.25, -0.2) is 0 Å². The zero-order chi connectivity index (χ0) is 13.4. The fourth-order valence-corrected chi connectivity index (χ4v) is 1.47. The second-order valence-electron chi connectivity index (χ2n) is 3.97. The Hall–Kier alpha value is -1.75. The molecule has 0 aliphatic carbocycles. The molecule has 1 aromatic rings. The molecule has 0 spiro atoms. The van der Waals surface area contributed by atoms with Crippen molar-refractivity contribution < 1.29 is 19.7 Å². The molecule has 0 aromatic heterocycles. The summed E-state index contributed by atoms with van der Waals surface area (Å²) < 4.78 is 5.41. The highest BCUT2D eigenvalue weighted by molar-refractivity contribution is 5.68. The van der Waals surface area contributed by atoms with Gasteiger partial charge in [0.05, 0.1) is 13.2 Å². The number of hydrogen-bond donors (Lipinski definition) is 3. The van der Waals surface area contributed by atoms with Crippen molar-refractivity contribution in [1.82, 2.24) is 5.32 Å². The maximum atomic E-state index is 10.3. The molecule has 0 unspecified atom stereocenters. The Balaban J connectivity index is 2.48. The molecule has 0 saturated heterocycles. The van der Waals surface area contributed by atoms with Gasteiger partial charge in [0.2, 0.25) is 0 Å². The summed E-state index contributed by atoms with van der Waals surface area (Å²) in [6.07, 6.45) is 1.57. The number of phenols is 1. The average molecular weight is 253 g/mol. The summed E-state index contributed by atoms with van der Waals surface area (Å²) in [5.41, 5.74) is 0.997. The molecule has 100 valence electrons. The van der Waals surface area contributed by atoms with Gasteiger partial charge in [-0.1, -0.05) is 13.0 Å². The van der Waals surface area contributed by atoms with Crippen molar-refractivity contribution in [2.45, 2.75) is 19.8 Å². The summed E-state index contributed by atoms with van der Waals surface area (Å²) in [6.45, 7) is 3.09. The van der Waals surface area contributed by atoms with Crippen molar-refractivity contribution in [3.05, 3.63) is 23.8 Å². The highest BCUT2D eigenvalue weighted by atomic mass is 16.5. The smallest absolute Gasteiger partial charge is 0.317 e. The molecule has 0 amide bonds. The quantitative estimate of drug-likeness (QED) is 0.610. The fourth-order valence-electron chi connectivity index (χ4n) is 1.47. The normalized spacial score (nSPS) is 10.3. The number of carbonyl (C=O) groups is 1. The van der Waals surface area contributed by atoms with Crippen LogP contribution in [0.4, 0.5) is 0 Å². The number of aromatic hydroxyl groups is 1. The summed E-state index contributed by atoms with van der Waals surface area (Å²) in [4.78, 5) is 10.3. The number of carboxylic acids is 1. The number of nitrogens with one attached hydrogen (secondary N) is 1. The molecule has 0 bridgehead atoms. The Morgan fingerprint density at radius 2 is 2.22 bits per heavy atom. The van der Waals surface area contributed by atoms with Gasteiger partial charge in [-0.2, -0.15) is 0 Å². The summed E-state index contributed by atoms with van der Waals surface area (Å²) in [7, 11) is 0. The zero-order valence-electron chi connectivity index (χ0n) is 10.5. The average Bonchev–Trinajstić information content (AvgIpc) is 2.34. The van der Waals surface area contributed by atoms with Gasteiger partial charge in [-0.15, -0.1) is 0 Å². The number of benzene rings is 1. The summed E-state index contributed by atoms with van der Waals surface area (Å²) in [5, 5.41) is 20.9. The lowest BCUT2D eigenvalue weighted by molar-refractivity contribution is -0.135. The van der Waals surface area contributed by atoms with Crippen molar-refractivity contribution in [2.24, 2.45) is 0 Å². The summed E-state index contributed by atoms with van der Waals surface area (Å²) >= 11 is 0. The highest BCUT2D eigenvalue weighted by Crippen LogP contribution is 2.27. The lowest BCUT2D eigenvalue weighted by Gasteiger charge is -2.09. The monoisotopic (exact) mass is 253 g/mol. The van der Waals surface area contributed by atoms with Crippen LogP contribution in [0.1, 0.15) is 18.9 Å². The highest BCUT2D eigenvalue weighted by Gasteiger charge is 2.04. The van der Waals surface area contributed by atoms with E-state index in [2.05, 4.69) is 5.32 Å². The fraction of sp³-hybridized carbons (Fsp3) is 0.462. The molecule has 1 aromatic carbocycles. The number of aliphatic carboxylic acids is 1. The molecule has 0 radical (unpaired) electrons. The maximum absolute atomic E-state index is 10.3. The minimum Gasteiger partial charge on any atom is -0.504 e. The van der Waals surface area contributed by atoms with Crippen molar-refractivity contribution in [2.75, 3.05) is 19.7 Å². The van der Waals surface area contributed by atoms with Crippen LogP contribution in [-0.4, -0.2) is 35.9 Å². The van der Waals surface area contributed by atoms with Crippen LogP contribution in [0.25, 0.3) is 0 Å². The van der Waals surface area contributed by atoms with Crippen molar-refractivity contribution in [3.63, 3.8) is 0 Å². The molecule has 0 heterocycles. The van der Waals surface area contributed by atoms with E-state index >= 15 is 0 Å². The zero-order valence-corrected chi connectivity index (χ0v) is 10.5. The van der Waals surface area contributed by atoms with E-state index in [0.717, 1.165) is 12.0 Å². The van der Waals surface area contributed by atoms with Crippen LogP contribution in [-0.2, 0) is 11.2 Å². The van der Waals surface area contributed by atoms with E-state index in [0.29, 0.717) is 25.3 Å². The SMILES string of the molecule is CCCOc1cc(CCNCC(=O)O)ccc1O. The largest absolute Gasteiger partial charge is 0.504 e. The molecule has 5 heteroatoms. The predicted octanol–water partition coefficient (Wildman–Crippen LogP) is 1.40. The molecule has 0 aliphatic rings. The van der Waals surface area contributed by atoms with Crippen LogP contribution in [0.2, 0.25) is 0 Å². The molecular formula is C13H19NO4. The Kier molecular flexibility index (Phi) is 6.00. The van der Waals surface area contributed by atoms with Crippen LogP contribution in [0.15, 0.2) is 18.2 Å². The van der Waals surface area contributed by atoms with Gasteiger partial charge in [-0.3, -0.25) is 4.79 Å². The van der Waals surface area contributed by atoms with Crippen molar-refractivity contribution in [3.8, 4) is 11.5 Å². The van der Waals surface area contributed by atoms with E-state index < -0.39 is 5.97 Å². The summed E-state index contributed by atoms with van der Waals surface area (Å²) in [6, 6.07) is 5.18. The van der Waals surface area contributed by atoms with Gasteiger partial charge in [0.1, 0.15) is 0 Å². The number of rotatable bonds is 8. The minimum absolute atomic E-state index is 0.0444. The molecule has 0 atom stereocenters. The number of hydrogen-bond acceptors (Lipinski definition) is 4. The molecule has 18 heavy (non-hydrogen) atoms. The third-order valence-electron chi connectivity index (χ3n) is 2.35. The van der Waals surface area contributed by atoms with Crippen LogP contribution < -0.4 is 10.1 Å². The van der Waals surface area contributed by atoms with Gasteiger partial charge in [0.25, 0.3) is 0 Å². The first-order valence-electron chi connectivity index (χ1n) is 6.00. The lowest BCUT2D eigenvalue weighted by Crippen LogP contribution is -2.24. The van der Waals surface area contributed by atoms with Crippen LogP contribution in [0.5, 0.6) is 11.5 Å². The molecule has 0 aliphatic heterocycles. The Morgan fingerprint density at radius 1 is 1.44 bits per heavy atom. The van der Waals surface area contributed by atoms with E-state index in [1.54, 1.807) is 18.2 Å². The van der Waals surface area contributed by atoms with Gasteiger partial charge in [-0.05, 0) is 37.1 Å². The predicted molar refractivity (Wildman–Crippen MR) is 68.1 cm³/mol. The van der Waals surface area contributed by atoms with Crippen LogP contribution >= 0.6 is 0 Å². The molecule has 1 rings (SSSR count). The first kappa shape index (κ1) is 14.3. The van der Waals surface area contributed by atoms with E-state index in [4.69, 9.17) is 9.84 Å². The van der Waals surface area contributed by atoms with E-state index in [1.807, 2.05) is 6.92 Å². The van der Waals surface area contributed by atoms with Gasteiger partial charge < -0.3 is 20.3 Å². The van der Waals surface area contributed by atoms with Crippen LogP contribution in [0.3, 0.4) is 0 Å². The lowest BCUT2D eigenvalue weighted by atomic mass is 10.1. The van der Waals surface area contributed by atoms with E-state index in [1.165, 1.54) is 0 Å². The molecular weight excluding hydrogens is 234 g/mol. The van der Waals surface area contributed by atoms with Crippen molar-refractivity contribution in [1.29, 1.82) is 0 Å².